The van der Waals surface area contributed by atoms with Crippen LogP contribution in [0, 0.1) is 0 Å². The van der Waals surface area contributed by atoms with Gasteiger partial charge in [-0.3, -0.25) is 9.59 Å². The summed E-state index contributed by atoms with van der Waals surface area (Å²) in [5, 5.41) is 9.28. The summed E-state index contributed by atoms with van der Waals surface area (Å²) in [5.41, 5.74) is 0.749. The maximum Gasteiger partial charge on any atom is 0.251 e. The first-order valence-electron chi connectivity index (χ1n) is 6.44. The van der Waals surface area contributed by atoms with Gasteiger partial charge >= 0.3 is 0 Å². The molecule has 1 heterocycles. The monoisotopic (exact) mass is 278 g/mol. The third-order valence-electron chi connectivity index (χ3n) is 3.25. The van der Waals surface area contributed by atoms with Crippen LogP contribution in [0.2, 0.25) is 0 Å². The van der Waals surface area contributed by atoms with Gasteiger partial charge in [0.1, 0.15) is 18.4 Å². The van der Waals surface area contributed by atoms with Crippen molar-refractivity contribution in [2.24, 2.45) is 0 Å². The molecule has 0 unspecified atom stereocenters. The van der Waals surface area contributed by atoms with Crippen LogP contribution in [0.1, 0.15) is 6.92 Å². The fraction of sp³-hybridized carbons (Fsp3) is 0.429. The Morgan fingerprint density at radius 1 is 1.40 bits per heavy atom. The summed E-state index contributed by atoms with van der Waals surface area (Å²) in [6.45, 7) is 2.21. The minimum absolute atomic E-state index is 0.0130. The van der Waals surface area contributed by atoms with Gasteiger partial charge < -0.3 is 19.6 Å². The van der Waals surface area contributed by atoms with E-state index in [4.69, 9.17) is 4.74 Å². The molecular formula is C14H18N2O4. The highest BCUT2D eigenvalue weighted by Crippen LogP contribution is 2.22. The van der Waals surface area contributed by atoms with E-state index in [2.05, 4.69) is 0 Å². The van der Waals surface area contributed by atoms with E-state index in [1.54, 1.807) is 24.1 Å². The van der Waals surface area contributed by atoms with E-state index in [1.165, 1.54) is 11.8 Å². The van der Waals surface area contributed by atoms with Gasteiger partial charge in [0.25, 0.3) is 5.91 Å². The molecule has 1 saturated heterocycles. The standard InChI is InChI=1S/C14H18N2O4/c1-10(17)14(19)15-6-7-16(13(18)9-15)11-4-3-5-12(8-11)20-2/h3-5,8,10,17H,6-7,9H2,1-2H3/t10-/m0/s1. The zero-order valence-corrected chi connectivity index (χ0v) is 11.6. The molecule has 2 rings (SSSR count). The van der Waals surface area contributed by atoms with Crippen LogP contribution in [0.25, 0.3) is 0 Å². The minimum atomic E-state index is -1.08. The summed E-state index contributed by atoms with van der Waals surface area (Å²) in [6.07, 6.45) is -1.08. The predicted molar refractivity (Wildman–Crippen MR) is 73.6 cm³/mol. The van der Waals surface area contributed by atoms with Crippen molar-refractivity contribution in [3.05, 3.63) is 24.3 Å². The van der Waals surface area contributed by atoms with Gasteiger partial charge in [0.2, 0.25) is 5.91 Å². The van der Waals surface area contributed by atoms with Crippen molar-refractivity contribution in [2.75, 3.05) is 31.6 Å². The second-order valence-corrected chi connectivity index (χ2v) is 4.68. The maximum absolute atomic E-state index is 12.1. The molecule has 108 valence electrons. The number of nitrogens with zero attached hydrogens (tertiary/aromatic N) is 2. The number of carbonyl (C=O) groups is 2. The third-order valence-corrected chi connectivity index (χ3v) is 3.25. The van der Waals surface area contributed by atoms with Crippen LogP contribution in [-0.2, 0) is 9.59 Å². The molecule has 1 aliphatic heterocycles. The van der Waals surface area contributed by atoms with Crippen molar-refractivity contribution in [3.8, 4) is 5.75 Å². The van der Waals surface area contributed by atoms with Crippen molar-refractivity contribution in [1.29, 1.82) is 0 Å². The van der Waals surface area contributed by atoms with Crippen LogP contribution in [0.4, 0.5) is 5.69 Å². The number of aliphatic hydroxyl groups is 1. The molecule has 0 saturated carbocycles. The van der Waals surface area contributed by atoms with Crippen molar-refractivity contribution in [1.82, 2.24) is 4.90 Å². The molecule has 1 atom stereocenters. The predicted octanol–water partition coefficient (Wildman–Crippen LogP) is 0.251. The Balaban J connectivity index is 2.10. The van der Waals surface area contributed by atoms with E-state index < -0.39 is 12.0 Å². The highest BCUT2D eigenvalue weighted by Gasteiger charge is 2.29. The minimum Gasteiger partial charge on any atom is -0.497 e. The molecule has 1 fully saturated rings. The molecule has 20 heavy (non-hydrogen) atoms. The molecule has 1 aromatic carbocycles. The highest BCUT2D eigenvalue weighted by molar-refractivity contribution is 5.98. The van der Waals surface area contributed by atoms with Gasteiger partial charge in [-0.1, -0.05) is 6.07 Å². The van der Waals surface area contributed by atoms with Gasteiger partial charge in [0.05, 0.1) is 7.11 Å². The fourth-order valence-corrected chi connectivity index (χ4v) is 2.18. The Labute approximate surface area is 117 Å². The molecule has 0 radical (unpaired) electrons. The fourth-order valence-electron chi connectivity index (χ4n) is 2.18. The van der Waals surface area contributed by atoms with Gasteiger partial charge in [-0.25, -0.2) is 0 Å². The Kier molecular flexibility index (Phi) is 4.24. The third kappa shape index (κ3) is 2.91. The number of aliphatic hydroxyl groups excluding tert-OH is 1. The normalized spacial score (nSPS) is 17.1. The van der Waals surface area contributed by atoms with Crippen molar-refractivity contribution in [3.63, 3.8) is 0 Å². The van der Waals surface area contributed by atoms with Crippen LogP contribution in [0.15, 0.2) is 24.3 Å². The van der Waals surface area contributed by atoms with E-state index in [9.17, 15) is 14.7 Å². The molecule has 1 N–H and O–H groups in total. The summed E-state index contributed by atoms with van der Waals surface area (Å²) in [5.74, 6) is 0.0972. The molecule has 2 amide bonds. The molecule has 0 aliphatic carbocycles. The van der Waals surface area contributed by atoms with E-state index in [1.807, 2.05) is 12.1 Å². The lowest BCUT2D eigenvalue weighted by Crippen LogP contribution is -2.54. The first kappa shape index (κ1) is 14.3. The molecule has 0 aromatic heterocycles. The number of hydrogen-bond acceptors (Lipinski definition) is 4. The average molecular weight is 278 g/mol. The smallest absolute Gasteiger partial charge is 0.251 e. The number of amides is 2. The van der Waals surface area contributed by atoms with Crippen LogP contribution in [0.3, 0.4) is 0 Å². The van der Waals surface area contributed by atoms with Crippen molar-refractivity contribution in [2.45, 2.75) is 13.0 Å². The molecule has 6 heteroatoms. The van der Waals surface area contributed by atoms with Gasteiger partial charge in [0.15, 0.2) is 0 Å². The summed E-state index contributed by atoms with van der Waals surface area (Å²) in [7, 11) is 1.57. The summed E-state index contributed by atoms with van der Waals surface area (Å²) < 4.78 is 5.14. The quantitative estimate of drug-likeness (QED) is 0.860. The van der Waals surface area contributed by atoms with Gasteiger partial charge in [-0.15, -0.1) is 0 Å². The summed E-state index contributed by atoms with van der Waals surface area (Å²) in [4.78, 5) is 26.8. The first-order chi connectivity index (χ1) is 9.52. The van der Waals surface area contributed by atoms with E-state index in [0.717, 1.165) is 5.69 Å². The van der Waals surface area contributed by atoms with Gasteiger partial charge in [0, 0.05) is 24.8 Å². The van der Waals surface area contributed by atoms with Crippen LogP contribution < -0.4 is 9.64 Å². The highest BCUT2D eigenvalue weighted by atomic mass is 16.5. The number of piperazine rings is 1. The number of carbonyl (C=O) groups excluding carboxylic acids is 2. The lowest BCUT2D eigenvalue weighted by Gasteiger charge is -2.34. The Hall–Kier alpha value is -2.08. The summed E-state index contributed by atoms with van der Waals surface area (Å²) in [6, 6.07) is 7.23. The number of methoxy groups -OCH3 is 1. The zero-order valence-electron chi connectivity index (χ0n) is 11.6. The van der Waals surface area contributed by atoms with E-state index in [0.29, 0.717) is 18.8 Å². The maximum atomic E-state index is 12.1. The average Bonchev–Trinajstić information content (AvgIpc) is 2.46. The van der Waals surface area contributed by atoms with E-state index >= 15 is 0 Å². The molecule has 1 aromatic rings. The topological polar surface area (TPSA) is 70.1 Å². The number of anilines is 1. The lowest BCUT2D eigenvalue weighted by molar-refractivity contribution is -0.143. The molecule has 1 aliphatic rings. The van der Waals surface area contributed by atoms with E-state index in [-0.39, 0.29) is 12.5 Å². The first-order valence-corrected chi connectivity index (χ1v) is 6.44. The van der Waals surface area contributed by atoms with Crippen LogP contribution in [0.5, 0.6) is 5.75 Å². The molecule has 0 spiro atoms. The molecule has 6 nitrogen and oxygen atoms in total. The van der Waals surface area contributed by atoms with Gasteiger partial charge in [-0.2, -0.15) is 0 Å². The second kappa shape index (κ2) is 5.92. The molecular weight excluding hydrogens is 260 g/mol. The van der Waals surface area contributed by atoms with Crippen molar-refractivity contribution >= 4 is 17.5 Å². The van der Waals surface area contributed by atoms with Gasteiger partial charge in [-0.05, 0) is 19.1 Å². The van der Waals surface area contributed by atoms with Crippen molar-refractivity contribution < 1.29 is 19.4 Å². The Morgan fingerprint density at radius 2 is 2.15 bits per heavy atom. The lowest BCUT2D eigenvalue weighted by atomic mass is 10.2. The number of rotatable bonds is 3. The Bertz CT molecular complexity index is 516. The number of hydrogen-bond donors (Lipinski definition) is 1. The SMILES string of the molecule is COc1cccc(N2CCN(C(=O)[C@H](C)O)CC2=O)c1. The second-order valence-electron chi connectivity index (χ2n) is 4.68. The molecule has 0 bridgehead atoms. The number of benzene rings is 1. The largest absolute Gasteiger partial charge is 0.497 e. The summed E-state index contributed by atoms with van der Waals surface area (Å²) >= 11 is 0. The number of ether oxygens (including phenoxy) is 1. The zero-order chi connectivity index (χ0) is 14.7. The Morgan fingerprint density at radius 3 is 2.75 bits per heavy atom. The van der Waals surface area contributed by atoms with Crippen LogP contribution >= 0.6 is 0 Å². The van der Waals surface area contributed by atoms with Crippen LogP contribution in [-0.4, -0.2) is 54.7 Å².